The maximum Gasteiger partial charge on any atom is 0.339 e. The Labute approximate surface area is 113 Å². The van der Waals surface area contributed by atoms with Gasteiger partial charge in [0.15, 0.2) is 9.84 Å². The molecule has 106 valence electrons. The first kappa shape index (κ1) is 15.6. The van der Waals surface area contributed by atoms with Gasteiger partial charge in [0.1, 0.15) is 0 Å². The van der Waals surface area contributed by atoms with Crippen molar-refractivity contribution in [2.75, 3.05) is 12.9 Å². The van der Waals surface area contributed by atoms with E-state index in [4.69, 9.17) is 0 Å². The summed E-state index contributed by atoms with van der Waals surface area (Å²) in [5.74, 6) is -0.0714. The molecule has 1 aromatic rings. The minimum absolute atomic E-state index is 0.0961. The summed E-state index contributed by atoms with van der Waals surface area (Å²) in [5.41, 5.74) is 0.752. The van der Waals surface area contributed by atoms with Crippen LogP contribution in [0, 0.1) is 5.92 Å². The Morgan fingerprint density at radius 1 is 1.37 bits per heavy atom. The minimum atomic E-state index is -3.15. The van der Waals surface area contributed by atoms with Gasteiger partial charge in [0.2, 0.25) is 0 Å². The molecular weight excluding hydrogens is 266 g/mol. The number of sulfone groups is 1. The number of hydrogen-bond donors (Lipinski definition) is 0. The van der Waals surface area contributed by atoms with Crippen molar-refractivity contribution < 1.29 is 17.9 Å². The lowest BCUT2D eigenvalue weighted by Crippen LogP contribution is -2.12. The van der Waals surface area contributed by atoms with Crippen molar-refractivity contribution in [3.63, 3.8) is 0 Å². The number of pyridine rings is 1. The molecule has 0 radical (unpaired) electrons. The highest BCUT2D eigenvalue weighted by Crippen LogP contribution is 2.10. The van der Waals surface area contributed by atoms with Gasteiger partial charge < -0.3 is 4.74 Å². The monoisotopic (exact) mass is 285 g/mol. The summed E-state index contributed by atoms with van der Waals surface area (Å²) in [4.78, 5) is 15.2. The molecular formula is C13H19NO4S. The number of carbonyl (C=O) groups excluding carboxylic acids is 1. The maximum absolute atomic E-state index is 11.8. The molecule has 1 heterocycles. The first-order chi connectivity index (χ1) is 8.84. The van der Waals surface area contributed by atoms with Crippen molar-refractivity contribution in [3.8, 4) is 0 Å². The molecule has 0 N–H and O–H groups in total. The number of aromatic nitrogens is 1. The molecule has 0 aromatic carbocycles. The Hall–Kier alpha value is -1.43. The van der Waals surface area contributed by atoms with Crippen molar-refractivity contribution in [1.82, 2.24) is 4.98 Å². The van der Waals surface area contributed by atoms with Crippen molar-refractivity contribution in [2.24, 2.45) is 5.92 Å². The molecule has 0 aliphatic rings. The highest BCUT2D eigenvalue weighted by molar-refractivity contribution is 7.90. The summed E-state index contributed by atoms with van der Waals surface area (Å²) in [5, 5.41) is 0. The number of ether oxygens (including phenoxy) is 1. The van der Waals surface area contributed by atoms with Crippen LogP contribution in [0.25, 0.3) is 0 Å². The lowest BCUT2D eigenvalue weighted by Gasteiger charge is -2.06. The number of esters is 1. The Morgan fingerprint density at radius 3 is 2.53 bits per heavy atom. The molecule has 1 rings (SSSR count). The zero-order chi connectivity index (χ0) is 14.5. The molecule has 0 spiro atoms. The first-order valence-corrected chi connectivity index (χ1v) is 7.90. The molecule has 0 aliphatic carbocycles. The highest BCUT2D eigenvalue weighted by atomic mass is 32.2. The first-order valence-electron chi connectivity index (χ1n) is 6.07. The van der Waals surface area contributed by atoms with Crippen molar-refractivity contribution in [1.29, 1.82) is 0 Å². The third-order valence-electron chi connectivity index (χ3n) is 2.62. The zero-order valence-corrected chi connectivity index (χ0v) is 12.2. The summed E-state index contributed by atoms with van der Waals surface area (Å²) in [6, 6.07) is 3.06. The van der Waals surface area contributed by atoms with E-state index in [-0.39, 0.29) is 11.5 Å². The van der Waals surface area contributed by atoms with Crippen LogP contribution < -0.4 is 0 Å². The average Bonchev–Trinajstić information content (AvgIpc) is 2.36. The van der Waals surface area contributed by atoms with Crippen LogP contribution in [0.4, 0.5) is 0 Å². The van der Waals surface area contributed by atoms with Gasteiger partial charge in [-0.3, -0.25) is 4.98 Å². The summed E-state index contributed by atoms with van der Waals surface area (Å²) in [6.07, 6.45) is 1.97. The molecule has 5 nitrogen and oxygen atoms in total. The summed E-state index contributed by atoms with van der Waals surface area (Å²) >= 11 is 0. The Kier molecular flexibility index (Phi) is 5.47. The van der Waals surface area contributed by atoms with E-state index in [9.17, 15) is 13.2 Å². The quantitative estimate of drug-likeness (QED) is 0.745. The largest absolute Gasteiger partial charge is 0.465 e. The van der Waals surface area contributed by atoms with E-state index < -0.39 is 15.8 Å². The van der Waals surface area contributed by atoms with Gasteiger partial charge in [0, 0.05) is 6.20 Å². The maximum atomic E-state index is 11.8. The molecule has 0 atom stereocenters. The minimum Gasteiger partial charge on any atom is -0.465 e. The van der Waals surface area contributed by atoms with Crippen LogP contribution in [0.5, 0.6) is 0 Å². The molecule has 1 aromatic heterocycles. The lowest BCUT2D eigenvalue weighted by atomic mass is 10.2. The van der Waals surface area contributed by atoms with Gasteiger partial charge in [0.05, 0.1) is 29.9 Å². The molecule has 0 bridgehead atoms. The summed E-state index contributed by atoms with van der Waals surface area (Å²) in [6.45, 7) is 3.97. The number of rotatable bonds is 6. The van der Waals surface area contributed by atoms with E-state index in [2.05, 4.69) is 9.72 Å². The topological polar surface area (TPSA) is 73.3 Å². The van der Waals surface area contributed by atoms with Crippen LogP contribution in [0.1, 0.15) is 36.3 Å². The predicted molar refractivity (Wildman–Crippen MR) is 72.5 cm³/mol. The average molecular weight is 285 g/mol. The van der Waals surface area contributed by atoms with E-state index in [1.54, 1.807) is 6.07 Å². The van der Waals surface area contributed by atoms with E-state index in [0.29, 0.717) is 23.6 Å². The van der Waals surface area contributed by atoms with Crippen LogP contribution >= 0.6 is 0 Å². The smallest absolute Gasteiger partial charge is 0.339 e. The fourth-order valence-corrected chi connectivity index (χ4v) is 3.06. The molecule has 19 heavy (non-hydrogen) atoms. The van der Waals surface area contributed by atoms with Gasteiger partial charge in [-0.15, -0.1) is 0 Å². The van der Waals surface area contributed by atoms with Gasteiger partial charge in [-0.25, -0.2) is 13.2 Å². The van der Waals surface area contributed by atoms with Gasteiger partial charge in [-0.05, 0) is 24.5 Å². The number of nitrogens with zero attached hydrogens (tertiary/aromatic N) is 1. The molecule has 0 amide bonds. The third-order valence-corrected chi connectivity index (χ3v) is 4.21. The Morgan fingerprint density at radius 2 is 2.05 bits per heavy atom. The van der Waals surface area contributed by atoms with Gasteiger partial charge >= 0.3 is 5.97 Å². The second-order valence-electron chi connectivity index (χ2n) is 4.80. The molecule has 6 heteroatoms. The van der Waals surface area contributed by atoms with E-state index in [1.165, 1.54) is 19.4 Å². The fourth-order valence-electron chi connectivity index (χ4n) is 1.46. The van der Waals surface area contributed by atoms with Crippen LogP contribution in [-0.2, 0) is 20.3 Å². The Bertz CT molecular complexity index is 520. The van der Waals surface area contributed by atoms with Gasteiger partial charge in [-0.1, -0.05) is 13.8 Å². The zero-order valence-electron chi connectivity index (χ0n) is 11.4. The number of methoxy groups -OCH3 is 1. The third kappa shape index (κ3) is 5.38. The van der Waals surface area contributed by atoms with Crippen LogP contribution in [-0.4, -0.2) is 32.2 Å². The van der Waals surface area contributed by atoms with Crippen LogP contribution in [0.3, 0.4) is 0 Å². The van der Waals surface area contributed by atoms with Gasteiger partial charge in [0.25, 0.3) is 0 Å². The van der Waals surface area contributed by atoms with E-state index in [1.807, 2.05) is 13.8 Å². The van der Waals surface area contributed by atoms with Crippen molar-refractivity contribution >= 4 is 15.8 Å². The van der Waals surface area contributed by atoms with Crippen molar-refractivity contribution in [2.45, 2.75) is 26.0 Å². The summed E-state index contributed by atoms with van der Waals surface area (Å²) in [7, 11) is -1.86. The predicted octanol–water partition coefficient (Wildman–Crippen LogP) is 1.83. The summed E-state index contributed by atoms with van der Waals surface area (Å²) < 4.78 is 28.2. The van der Waals surface area contributed by atoms with E-state index >= 15 is 0 Å². The molecule has 0 saturated heterocycles. The highest BCUT2D eigenvalue weighted by Gasteiger charge is 2.14. The van der Waals surface area contributed by atoms with Crippen LogP contribution in [0.2, 0.25) is 0 Å². The fraction of sp³-hybridized carbons (Fsp3) is 0.538. The molecule has 0 fully saturated rings. The lowest BCUT2D eigenvalue weighted by molar-refractivity contribution is 0.0600. The second kappa shape index (κ2) is 6.65. The molecule has 0 aliphatic heterocycles. The molecule has 0 saturated carbocycles. The Balaban J connectivity index is 2.70. The van der Waals surface area contributed by atoms with Crippen molar-refractivity contribution in [3.05, 3.63) is 29.6 Å². The number of carbonyl (C=O) groups is 1. The van der Waals surface area contributed by atoms with Crippen LogP contribution in [0.15, 0.2) is 18.3 Å². The molecule has 0 unspecified atom stereocenters. The second-order valence-corrected chi connectivity index (χ2v) is 6.99. The van der Waals surface area contributed by atoms with E-state index in [0.717, 1.165) is 0 Å². The van der Waals surface area contributed by atoms with Gasteiger partial charge in [-0.2, -0.15) is 0 Å². The normalized spacial score (nSPS) is 11.6. The SMILES string of the molecule is COC(=O)c1ccc(CS(=O)(=O)CCC(C)C)nc1. The standard InChI is InChI=1S/C13H19NO4S/c1-10(2)6-7-19(16,17)9-12-5-4-11(8-14-12)13(15)18-3/h4-5,8,10H,6-7,9H2,1-3H3. The number of hydrogen-bond acceptors (Lipinski definition) is 5.